The van der Waals surface area contributed by atoms with Crippen LogP contribution < -0.4 is 10.6 Å². The first-order chi connectivity index (χ1) is 8.99. The van der Waals surface area contributed by atoms with Gasteiger partial charge in [0, 0.05) is 35.4 Å². The van der Waals surface area contributed by atoms with Gasteiger partial charge in [-0.2, -0.15) is 0 Å². The van der Waals surface area contributed by atoms with Crippen molar-refractivity contribution in [2.24, 2.45) is 11.8 Å². The minimum Gasteiger partial charge on any atom is -0.337 e. The number of hydrogen-bond donors (Lipinski definition) is 2. The van der Waals surface area contributed by atoms with Crippen LogP contribution in [0.1, 0.15) is 46.0 Å². The normalized spacial score (nSPS) is 24.4. The number of carbonyl (C=O) groups is 1. The summed E-state index contributed by atoms with van der Waals surface area (Å²) in [7, 11) is -0.844. The van der Waals surface area contributed by atoms with Crippen molar-refractivity contribution in [3.8, 4) is 0 Å². The molecule has 1 fully saturated rings. The van der Waals surface area contributed by atoms with Gasteiger partial charge in [-0.25, -0.2) is 4.79 Å². The van der Waals surface area contributed by atoms with E-state index in [9.17, 15) is 9.00 Å². The fraction of sp³-hybridized carbons (Fsp3) is 0.929. The first kappa shape index (κ1) is 16.5. The van der Waals surface area contributed by atoms with Gasteiger partial charge in [-0.15, -0.1) is 0 Å². The molecule has 0 aromatic carbocycles. The van der Waals surface area contributed by atoms with Gasteiger partial charge in [-0.3, -0.25) is 4.21 Å². The third-order valence-corrected chi connectivity index (χ3v) is 4.54. The van der Waals surface area contributed by atoms with Crippen molar-refractivity contribution in [1.82, 2.24) is 10.6 Å². The Hall–Kier alpha value is -0.580. The van der Waals surface area contributed by atoms with E-state index in [4.69, 9.17) is 0 Å². The second-order valence-electron chi connectivity index (χ2n) is 5.95. The zero-order chi connectivity index (χ0) is 14.3. The van der Waals surface area contributed by atoms with E-state index in [1.807, 2.05) is 0 Å². The van der Waals surface area contributed by atoms with E-state index in [-0.39, 0.29) is 6.03 Å². The number of carbonyl (C=O) groups excluding carboxylic acids is 1. The second-order valence-corrected chi connectivity index (χ2v) is 7.50. The topological polar surface area (TPSA) is 58.2 Å². The van der Waals surface area contributed by atoms with Crippen molar-refractivity contribution >= 4 is 16.8 Å². The Kier molecular flexibility index (Phi) is 7.42. The van der Waals surface area contributed by atoms with Crippen LogP contribution >= 0.6 is 0 Å². The molecule has 0 saturated heterocycles. The molecule has 0 radical (unpaired) electrons. The summed E-state index contributed by atoms with van der Waals surface area (Å²) in [6, 6.07) is 0.220. The molecule has 4 nitrogen and oxygen atoms in total. The van der Waals surface area contributed by atoms with Crippen LogP contribution in [-0.2, 0) is 10.8 Å². The fourth-order valence-corrected chi connectivity index (χ4v) is 3.04. The Morgan fingerprint density at radius 2 is 2.11 bits per heavy atom. The van der Waals surface area contributed by atoms with Gasteiger partial charge in [0.15, 0.2) is 0 Å². The monoisotopic (exact) mass is 288 g/mol. The number of amides is 2. The highest BCUT2D eigenvalue weighted by Gasteiger charge is 2.28. The van der Waals surface area contributed by atoms with Gasteiger partial charge in [0.05, 0.1) is 0 Å². The molecule has 0 aliphatic heterocycles. The molecule has 0 aromatic rings. The lowest BCUT2D eigenvalue weighted by atomic mass is 9.94. The van der Waals surface area contributed by atoms with E-state index in [1.54, 1.807) is 6.26 Å². The minimum absolute atomic E-state index is 0.105. The Morgan fingerprint density at radius 3 is 2.74 bits per heavy atom. The maximum absolute atomic E-state index is 11.7. The van der Waals surface area contributed by atoms with Crippen molar-refractivity contribution < 1.29 is 9.00 Å². The first-order valence-electron chi connectivity index (χ1n) is 7.33. The molecule has 1 aliphatic carbocycles. The standard InChI is InChI=1S/C14H28N2O2S/c1-11(2)7-8-12-5-4-6-13(12)16-14(17)15-9-10-19(3)18/h11-13H,4-10H2,1-3H3,(H2,15,16,17)/t12-,13-,19+/m1/s1. The number of urea groups is 1. The number of hydrogen-bond acceptors (Lipinski definition) is 2. The highest BCUT2D eigenvalue weighted by atomic mass is 32.2. The van der Waals surface area contributed by atoms with E-state index in [0.29, 0.717) is 24.3 Å². The van der Waals surface area contributed by atoms with E-state index in [0.717, 1.165) is 12.3 Å². The van der Waals surface area contributed by atoms with Crippen LogP contribution in [0.3, 0.4) is 0 Å². The Bertz CT molecular complexity index is 308. The summed E-state index contributed by atoms with van der Waals surface area (Å²) >= 11 is 0. The molecule has 0 bridgehead atoms. The number of nitrogens with one attached hydrogen (secondary N) is 2. The molecule has 2 amide bonds. The molecular formula is C14H28N2O2S. The molecule has 1 aliphatic rings. The molecule has 0 spiro atoms. The molecule has 0 heterocycles. The average Bonchev–Trinajstić information content (AvgIpc) is 2.73. The maximum atomic E-state index is 11.7. The van der Waals surface area contributed by atoms with Crippen molar-refractivity contribution in [3.05, 3.63) is 0 Å². The summed E-state index contributed by atoms with van der Waals surface area (Å²) in [5.74, 6) is 1.89. The van der Waals surface area contributed by atoms with Gasteiger partial charge in [0.2, 0.25) is 0 Å². The fourth-order valence-electron chi connectivity index (χ4n) is 2.65. The molecule has 5 heteroatoms. The Morgan fingerprint density at radius 1 is 1.37 bits per heavy atom. The van der Waals surface area contributed by atoms with E-state index in [2.05, 4.69) is 24.5 Å². The van der Waals surface area contributed by atoms with Crippen LogP contribution in [0.15, 0.2) is 0 Å². The lowest BCUT2D eigenvalue weighted by Gasteiger charge is -2.22. The van der Waals surface area contributed by atoms with Crippen LogP contribution in [-0.4, -0.2) is 34.8 Å². The van der Waals surface area contributed by atoms with Crippen molar-refractivity contribution in [1.29, 1.82) is 0 Å². The van der Waals surface area contributed by atoms with Crippen LogP contribution in [0, 0.1) is 11.8 Å². The molecule has 0 unspecified atom stereocenters. The van der Waals surface area contributed by atoms with E-state index < -0.39 is 10.8 Å². The first-order valence-corrected chi connectivity index (χ1v) is 9.06. The zero-order valence-corrected chi connectivity index (χ0v) is 13.2. The average molecular weight is 288 g/mol. The third-order valence-electron chi connectivity index (χ3n) is 3.77. The van der Waals surface area contributed by atoms with Gasteiger partial charge in [0.25, 0.3) is 0 Å². The van der Waals surface area contributed by atoms with E-state index >= 15 is 0 Å². The molecule has 0 aromatic heterocycles. The molecule has 2 N–H and O–H groups in total. The largest absolute Gasteiger partial charge is 0.337 e. The van der Waals surface area contributed by atoms with Crippen molar-refractivity contribution in [2.45, 2.75) is 52.0 Å². The summed E-state index contributed by atoms with van der Waals surface area (Å²) in [4.78, 5) is 11.7. The van der Waals surface area contributed by atoms with Crippen LogP contribution in [0.5, 0.6) is 0 Å². The highest BCUT2D eigenvalue weighted by Crippen LogP contribution is 2.30. The van der Waals surface area contributed by atoms with Crippen molar-refractivity contribution in [3.63, 3.8) is 0 Å². The van der Waals surface area contributed by atoms with Gasteiger partial charge < -0.3 is 10.6 Å². The van der Waals surface area contributed by atoms with Crippen LogP contribution in [0.25, 0.3) is 0 Å². The SMILES string of the molecule is CC(C)CC[C@H]1CCC[C@H]1NC(=O)NCC[S@](C)=O. The summed E-state index contributed by atoms with van der Waals surface area (Å²) < 4.78 is 10.9. The maximum Gasteiger partial charge on any atom is 0.315 e. The Balaban J connectivity index is 2.25. The van der Waals surface area contributed by atoms with Crippen LogP contribution in [0.2, 0.25) is 0 Å². The summed E-state index contributed by atoms with van der Waals surface area (Å²) in [5.41, 5.74) is 0. The van der Waals surface area contributed by atoms with Crippen molar-refractivity contribution in [2.75, 3.05) is 18.6 Å². The Labute approximate surface area is 119 Å². The summed E-state index contributed by atoms with van der Waals surface area (Å²) in [6.07, 6.45) is 7.64. The number of rotatable bonds is 7. The van der Waals surface area contributed by atoms with Gasteiger partial charge in [-0.05, 0) is 31.1 Å². The lowest BCUT2D eigenvalue weighted by molar-refractivity contribution is 0.232. The van der Waals surface area contributed by atoms with Gasteiger partial charge >= 0.3 is 6.03 Å². The molecular weight excluding hydrogens is 260 g/mol. The predicted molar refractivity (Wildman–Crippen MR) is 80.7 cm³/mol. The van der Waals surface area contributed by atoms with Gasteiger partial charge in [0.1, 0.15) is 0 Å². The molecule has 19 heavy (non-hydrogen) atoms. The molecule has 3 atom stereocenters. The van der Waals surface area contributed by atoms with Gasteiger partial charge in [-0.1, -0.05) is 26.7 Å². The quantitative estimate of drug-likeness (QED) is 0.755. The minimum atomic E-state index is -0.844. The molecule has 1 rings (SSSR count). The summed E-state index contributed by atoms with van der Waals surface area (Å²) in [5, 5.41) is 5.86. The third kappa shape index (κ3) is 6.95. The molecule has 1 saturated carbocycles. The lowest BCUT2D eigenvalue weighted by Crippen LogP contribution is -2.44. The highest BCUT2D eigenvalue weighted by molar-refractivity contribution is 7.84. The van der Waals surface area contributed by atoms with Crippen LogP contribution in [0.4, 0.5) is 4.79 Å². The zero-order valence-electron chi connectivity index (χ0n) is 12.4. The second kappa shape index (κ2) is 8.56. The molecule has 112 valence electrons. The summed E-state index contributed by atoms with van der Waals surface area (Å²) in [6.45, 7) is 4.97. The smallest absolute Gasteiger partial charge is 0.315 e. The van der Waals surface area contributed by atoms with E-state index in [1.165, 1.54) is 25.7 Å². The predicted octanol–water partition coefficient (Wildman–Crippen LogP) is 2.27.